The van der Waals surface area contributed by atoms with E-state index in [0.29, 0.717) is 0 Å². The van der Waals surface area contributed by atoms with Crippen LogP contribution < -0.4 is 11.1 Å². The van der Waals surface area contributed by atoms with Gasteiger partial charge in [-0.15, -0.1) is 11.6 Å². The Morgan fingerprint density at radius 2 is 1.88 bits per heavy atom. The summed E-state index contributed by atoms with van der Waals surface area (Å²) in [5.74, 6) is -1.17. The lowest BCUT2D eigenvalue weighted by Crippen LogP contribution is -2.44. The van der Waals surface area contributed by atoms with Gasteiger partial charge in [-0.25, -0.2) is 4.79 Å². The summed E-state index contributed by atoms with van der Waals surface area (Å²) in [5, 5.41) is 10.7. The molecule has 6 nitrogen and oxygen atoms in total. The molecule has 0 aromatic heterocycles. The summed E-state index contributed by atoms with van der Waals surface area (Å²) in [4.78, 5) is 21.3. The van der Waals surface area contributed by atoms with E-state index >= 15 is 0 Å². The molecule has 0 aromatic carbocycles. The number of alkyl carbamates (subject to hydrolysis) is 1. The van der Waals surface area contributed by atoms with Gasteiger partial charge in [-0.2, -0.15) is 0 Å². The van der Waals surface area contributed by atoms with Crippen LogP contribution in [0, 0.1) is 0 Å². The SMILES string of the molecule is CC(C)(C)OC(=O)NCC(N)C(=O)O.CCl. The van der Waals surface area contributed by atoms with Gasteiger partial charge >= 0.3 is 12.1 Å². The third-order valence-corrected chi connectivity index (χ3v) is 1.18. The number of hydrogen-bond acceptors (Lipinski definition) is 4. The van der Waals surface area contributed by atoms with Gasteiger partial charge in [0.05, 0.1) is 0 Å². The van der Waals surface area contributed by atoms with E-state index in [1.807, 2.05) is 0 Å². The molecule has 0 aliphatic heterocycles. The minimum absolute atomic E-state index is 0.149. The van der Waals surface area contributed by atoms with E-state index in [2.05, 4.69) is 16.9 Å². The molecule has 7 heteroatoms. The molecule has 0 spiro atoms. The van der Waals surface area contributed by atoms with Gasteiger partial charge in [-0.05, 0) is 20.8 Å². The second kappa shape index (κ2) is 8.18. The molecule has 0 heterocycles. The molecule has 0 rings (SSSR count). The summed E-state index contributed by atoms with van der Waals surface area (Å²) in [6, 6.07) is -1.11. The van der Waals surface area contributed by atoms with Gasteiger partial charge in [0.1, 0.15) is 11.6 Å². The summed E-state index contributed by atoms with van der Waals surface area (Å²) in [6.45, 7) is 4.99. The summed E-state index contributed by atoms with van der Waals surface area (Å²) >= 11 is 4.64. The number of carbonyl (C=O) groups is 2. The number of hydrogen-bond donors (Lipinski definition) is 3. The number of nitrogens with two attached hydrogens (primary N) is 1. The zero-order chi connectivity index (χ0) is 13.4. The number of amides is 1. The molecule has 0 saturated carbocycles. The number of rotatable bonds is 3. The Morgan fingerprint density at radius 1 is 1.44 bits per heavy atom. The molecule has 0 aromatic rings. The molecular formula is C9H19ClN2O4. The Labute approximate surface area is 100 Å². The quantitative estimate of drug-likeness (QED) is 0.646. The fraction of sp³-hybridized carbons (Fsp3) is 0.778. The van der Waals surface area contributed by atoms with E-state index in [9.17, 15) is 9.59 Å². The molecule has 16 heavy (non-hydrogen) atoms. The first kappa shape index (κ1) is 17.4. The largest absolute Gasteiger partial charge is 0.480 e. The van der Waals surface area contributed by atoms with Crippen LogP contribution in [0.1, 0.15) is 20.8 Å². The average Bonchev–Trinajstić information content (AvgIpc) is 2.14. The Balaban J connectivity index is 0. The van der Waals surface area contributed by atoms with Crippen molar-refractivity contribution >= 4 is 23.7 Å². The molecule has 0 aliphatic rings. The molecular weight excluding hydrogens is 236 g/mol. The lowest BCUT2D eigenvalue weighted by molar-refractivity contribution is -0.138. The third kappa shape index (κ3) is 11.1. The second-order valence-electron chi connectivity index (χ2n) is 3.83. The van der Waals surface area contributed by atoms with Crippen molar-refractivity contribution in [3.05, 3.63) is 0 Å². The van der Waals surface area contributed by atoms with E-state index < -0.39 is 23.7 Å². The fourth-order valence-corrected chi connectivity index (χ4v) is 0.595. The molecule has 0 bridgehead atoms. The van der Waals surface area contributed by atoms with Gasteiger partial charge in [-0.3, -0.25) is 4.79 Å². The number of halogens is 1. The van der Waals surface area contributed by atoms with Crippen LogP contribution in [0.5, 0.6) is 0 Å². The van der Waals surface area contributed by atoms with Gasteiger partial charge in [0.2, 0.25) is 0 Å². The van der Waals surface area contributed by atoms with Crippen LogP contribution in [0.2, 0.25) is 0 Å². The van der Waals surface area contributed by atoms with Crippen LogP contribution in [0.25, 0.3) is 0 Å². The lowest BCUT2D eigenvalue weighted by Gasteiger charge is -2.20. The number of ether oxygens (including phenoxy) is 1. The van der Waals surface area contributed by atoms with E-state index in [4.69, 9.17) is 15.6 Å². The Morgan fingerprint density at radius 3 is 2.19 bits per heavy atom. The van der Waals surface area contributed by atoms with Gasteiger partial charge in [0, 0.05) is 12.9 Å². The van der Waals surface area contributed by atoms with Crippen molar-refractivity contribution in [3.8, 4) is 0 Å². The number of aliphatic carboxylic acids is 1. The topological polar surface area (TPSA) is 102 Å². The highest BCUT2D eigenvalue weighted by Crippen LogP contribution is 2.06. The Bertz CT molecular complexity index is 228. The van der Waals surface area contributed by atoms with Gasteiger partial charge in [0.15, 0.2) is 0 Å². The predicted octanol–water partition coefficient (Wildman–Crippen LogP) is 0.778. The smallest absolute Gasteiger partial charge is 0.407 e. The zero-order valence-electron chi connectivity index (χ0n) is 9.91. The highest BCUT2D eigenvalue weighted by atomic mass is 35.5. The van der Waals surface area contributed by atoms with Gasteiger partial charge < -0.3 is 20.9 Å². The minimum Gasteiger partial charge on any atom is -0.480 e. The van der Waals surface area contributed by atoms with Gasteiger partial charge in [0.25, 0.3) is 0 Å². The Kier molecular flexibility index (Phi) is 8.89. The van der Waals surface area contributed by atoms with Crippen molar-refractivity contribution in [1.82, 2.24) is 5.32 Å². The van der Waals surface area contributed by atoms with E-state index in [1.54, 1.807) is 20.8 Å². The third-order valence-electron chi connectivity index (χ3n) is 1.18. The van der Waals surface area contributed by atoms with E-state index in [-0.39, 0.29) is 6.54 Å². The molecule has 1 unspecified atom stereocenters. The average molecular weight is 255 g/mol. The highest BCUT2D eigenvalue weighted by Gasteiger charge is 2.18. The first-order chi connectivity index (χ1) is 7.22. The van der Waals surface area contributed by atoms with Crippen LogP contribution in [0.4, 0.5) is 4.79 Å². The molecule has 96 valence electrons. The minimum atomic E-state index is -1.17. The summed E-state index contributed by atoms with van der Waals surface area (Å²) < 4.78 is 4.87. The summed E-state index contributed by atoms with van der Waals surface area (Å²) in [6.07, 6.45) is 0.800. The van der Waals surface area contributed by atoms with Crippen molar-refractivity contribution in [2.75, 3.05) is 12.9 Å². The number of carbonyl (C=O) groups excluding carboxylic acids is 1. The number of carboxylic acid groups (broad SMARTS) is 1. The van der Waals surface area contributed by atoms with Gasteiger partial charge in [-0.1, -0.05) is 0 Å². The molecule has 0 fully saturated rings. The predicted molar refractivity (Wildman–Crippen MR) is 61.6 cm³/mol. The first-order valence-corrected chi connectivity index (χ1v) is 5.31. The summed E-state index contributed by atoms with van der Waals surface area (Å²) in [7, 11) is 0. The monoisotopic (exact) mass is 254 g/mol. The standard InChI is InChI=1S/C8H16N2O4.CH3Cl/c1-8(2,3)14-7(13)10-4-5(9)6(11)12;1-2/h5H,4,9H2,1-3H3,(H,10,13)(H,11,12);1H3. The first-order valence-electron chi connectivity index (χ1n) is 4.55. The number of carboxylic acids is 1. The van der Waals surface area contributed by atoms with E-state index in [0.717, 1.165) is 0 Å². The van der Waals surface area contributed by atoms with Crippen molar-refractivity contribution < 1.29 is 19.4 Å². The lowest BCUT2D eigenvalue weighted by atomic mass is 10.2. The molecule has 0 radical (unpaired) electrons. The van der Waals surface area contributed by atoms with Crippen LogP contribution in [-0.2, 0) is 9.53 Å². The van der Waals surface area contributed by atoms with Crippen molar-refractivity contribution in [2.24, 2.45) is 5.73 Å². The molecule has 4 N–H and O–H groups in total. The maximum atomic E-state index is 11.0. The second-order valence-corrected chi connectivity index (χ2v) is 3.83. The van der Waals surface area contributed by atoms with Crippen LogP contribution in [0.3, 0.4) is 0 Å². The highest BCUT2D eigenvalue weighted by molar-refractivity contribution is 6.15. The van der Waals surface area contributed by atoms with Crippen molar-refractivity contribution in [1.29, 1.82) is 0 Å². The van der Waals surface area contributed by atoms with Crippen LogP contribution in [0.15, 0.2) is 0 Å². The van der Waals surface area contributed by atoms with Crippen molar-refractivity contribution in [2.45, 2.75) is 32.4 Å². The Hall–Kier alpha value is -1.01. The molecule has 0 saturated heterocycles. The maximum Gasteiger partial charge on any atom is 0.407 e. The maximum absolute atomic E-state index is 11.0. The van der Waals surface area contributed by atoms with Crippen molar-refractivity contribution in [3.63, 3.8) is 0 Å². The molecule has 1 atom stereocenters. The summed E-state index contributed by atoms with van der Waals surface area (Å²) in [5.41, 5.74) is 4.56. The van der Waals surface area contributed by atoms with E-state index in [1.165, 1.54) is 6.38 Å². The number of nitrogens with one attached hydrogen (secondary N) is 1. The number of alkyl halides is 1. The fourth-order valence-electron chi connectivity index (χ4n) is 0.595. The molecule has 0 aliphatic carbocycles. The van der Waals surface area contributed by atoms with Crippen LogP contribution in [-0.4, -0.2) is 41.7 Å². The zero-order valence-corrected chi connectivity index (χ0v) is 10.7. The molecule has 1 amide bonds. The normalized spacial score (nSPS) is 11.9. The van der Waals surface area contributed by atoms with Crippen LogP contribution >= 0.6 is 11.6 Å².